The third-order valence-corrected chi connectivity index (χ3v) is 4.15. The Hall–Kier alpha value is -1.67. The zero-order valence-corrected chi connectivity index (χ0v) is 13.9. The van der Waals surface area contributed by atoms with Crippen LogP contribution in [0.1, 0.15) is 25.9 Å². The van der Waals surface area contributed by atoms with Gasteiger partial charge in [0.15, 0.2) is 23.7 Å². The topological polar surface area (TPSA) is 125 Å². The molecule has 2 aliphatic rings. The fraction of sp³-hybridized carbons (Fsp3) is 0.615. The van der Waals surface area contributed by atoms with Gasteiger partial charge < -0.3 is 19.9 Å². The molecule has 0 amide bonds. The van der Waals surface area contributed by atoms with Crippen LogP contribution in [0, 0.1) is 5.41 Å². The molecule has 0 radical (unpaired) electrons. The number of nitrogens with one attached hydrogen (secondary N) is 1. The SMILES string of the molecule is C[P+](=O)C=CC1OC(n2cnc(C(=N)N)n2)C2OC(C)(C)OC12. The van der Waals surface area contributed by atoms with Gasteiger partial charge >= 0.3 is 7.80 Å². The number of aromatic nitrogens is 3. The van der Waals surface area contributed by atoms with Crippen molar-refractivity contribution in [1.82, 2.24) is 14.8 Å². The fourth-order valence-electron chi connectivity index (χ4n) is 2.70. The van der Waals surface area contributed by atoms with Crippen LogP contribution in [0.2, 0.25) is 0 Å². The first kappa shape index (κ1) is 16.2. The molecule has 1 aromatic heterocycles. The van der Waals surface area contributed by atoms with Gasteiger partial charge in [-0.1, -0.05) is 4.57 Å². The first-order valence-corrected chi connectivity index (χ1v) is 8.89. The first-order chi connectivity index (χ1) is 10.8. The van der Waals surface area contributed by atoms with Crippen molar-refractivity contribution in [2.24, 2.45) is 5.73 Å². The highest BCUT2D eigenvalue weighted by atomic mass is 31.1. The van der Waals surface area contributed by atoms with Crippen molar-refractivity contribution >= 4 is 13.6 Å². The van der Waals surface area contributed by atoms with Gasteiger partial charge in [0, 0.05) is 0 Å². The lowest BCUT2D eigenvalue weighted by Gasteiger charge is -2.22. The summed E-state index contributed by atoms with van der Waals surface area (Å²) in [6.45, 7) is 5.26. The van der Waals surface area contributed by atoms with E-state index in [-0.39, 0.29) is 17.8 Å². The maximum atomic E-state index is 11.3. The molecule has 3 rings (SSSR count). The molecule has 23 heavy (non-hydrogen) atoms. The zero-order chi connectivity index (χ0) is 16.8. The van der Waals surface area contributed by atoms with Crippen LogP contribution in [0.3, 0.4) is 0 Å². The molecule has 0 bridgehead atoms. The van der Waals surface area contributed by atoms with Gasteiger partial charge in [0.25, 0.3) is 0 Å². The van der Waals surface area contributed by atoms with Gasteiger partial charge in [0.05, 0.1) is 0 Å². The number of ether oxygens (including phenoxy) is 3. The van der Waals surface area contributed by atoms with Crippen LogP contribution in [0.4, 0.5) is 0 Å². The standard InChI is InChI=1S/C13H19N5O4P/c1-13(2)21-8-7(4-5-23(3)19)20-12(9(8)22-13)18-6-16-11(17-18)10(14)15/h4-9,12H,1-3H3,(H3,14,15)/q+1. The van der Waals surface area contributed by atoms with Crippen molar-refractivity contribution in [1.29, 1.82) is 5.41 Å². The molecule has 1 aromatic rings. The van der Waals surface area contributed by atoms with E-state index in [0.717, 1.165) is 0 Å². The van der Waals surface area contributed by atoms with Gasteiger partial charge in [0.2, 0.25) is 5.82 Å². The van der Waals surface area contributed by atoms with Crippen LogP contribution in [0.15, 0.2) is 18.2 Å². The maximum absolute atomic E-state index is 11.3. The molecule has 3 N–H and O–H groups in total. The summed E-state index contributed by atoms with van der Waals surface area (Å²) < 4.78 is 30.5. The van der Waals surface area contributed by atoms with Crippen LogP contribution >= 0.6 is 7.80 Å². The molecule has 5 unspecified atom stereocenters. The fourth-order valence-corrected chi connectivity index (χ4v) is 3.11. The summed E-state index contributed by atoms with van der Waals surface area (Å²) in [5.41, 5.74) is 5.39. The lowest BCUT2D eigenvalue weighted by Crippen LogP contribution is -2.28. The van der Waals surface area contributed by atoms with Gasteiger partial charge in [-0.15, -0.1) is 5.10 Å². The number of hydrogen-bond donors (Lipinski definition) is 2. The van der Waals surface area contributed by atoms with Crippen LogP contribution in [0.25, 0.3) is 0 Å². The average Bonchev–Trinajstić information content (AvgIpc) is 3.09. The number of hydrogen-bond acceptors (Lipinski definition) is 7. The Kier molecular flexibility index (Phi) is 4.05. The van der Waals surface area contributed by atoms with Crippen LogP contribution in [-0.4, -0.2) is 51.4 Å². The Morgan fingerprint density at radius 2 is 2.17 bits per heavy atom. The van der Waals surface area contributed by atoms with Crippen molar-refractivity contribution in [2.45, 2.75) is 44.2 Å². The Morgan fingerprint density at radius 3 is 2.78 bits per heavy atom. The summed E-state index contributed by atoms with van der Waals surface area (Å²) in [6, 6.07) is 0. The van der Waals surface area contributed by atoms with Crippen molar-refractivity contribution < 1.29 is 18.8 Å². The Bertz CT molecular complexity index is 673. The normalized spacial score (nSPS) is 33.1. The number of nitrogens with zero attached hydrogens (tertiary/aromatic N) is 3. The minimum atomic E-state index is -1.42. The minimum Gasteiger partial charge on any atom is -0.381 e. The molecule has 2 fully saturated rings. The zero-order valence-electron chi connectivity index (χ0n) is 13.0. The molecule has 3 heterocycles. The minimum absolute atomic E-state index is 0.124. The van der Waals surface area contributed by atoms with E-state index in [1.807, 2.05) is 13.8 Å². The third-order valence-electron chi connectivity index (χ3n) is 3.56. The summed E-state index contributed by atoms with van der Waals surface area (Å²) in [6.07, 6.45) is 1.47. The van der Waals surface area contributed by atoms with E-state index in [1.165, 1.54) is 11.0 Å². The smallest absolute Gasteiger partial charge is 0.365 e. The monoisotopic (exact) mass is 340 g/mol. The number of nitrogen functional groups attached to an aromatic ring is 1. The summed E-state index contributed by atoms with van der Waals surface area (Å²) in [4.78, 5) is 3.97. The van der Waals surface area contributed by atoms with Crippen LogP contribution in [-0.2, 0) is 18.8 Å². The van der Waals surface area contributed by atoms with E-state index in [1.54, 1.807) is 18.6 Å². The third kappa shape index (κ3) is 3.18. The van der Waals surface area contributed by atoms with E-state index >= 15 is 0 Å². The highest BCUT2D eigenvalue weighted by Gasteiger charge is 2.55. The second kappa shape index (κ2) is 5.76. The molecular weight excluding hydrogens is 321 g/mol. The van der Waals surface area contributed by atoms with Crippen molar-refractivity contribution in [3.8, 4) is 0 Å². The predicted octanol–water partition coefficient (Wildman–Crippen LogP) is 0.951. The van der Waals surface area contributed by atoms with E-state index in [2.05, 4.69) is 10.1 Å². The van der Waals surface area contributed by atoms with E-state index in [4.69, 9.17) is 25.4 Å². The molecule has 10 heteroatoms. The second-order valence-corrected chi connectivity index (χ2v) is 7.30. The largest absolute Gasteiger partial charge is 0.381 e. The molecule has 0 spiro atoms. The summed E-state index contributed by atoms with van der Waals surface area (Å²) >= 11 is 0. The summed E-state index contributed by atoms with van der Waals surface area (Å²) in [7, 11) is -1.42. The molecule has 0 saturated carbocycles. The quantitative estimate of drug-likeness (QED) is 0.475. The number of fused-ring (bicyclic) bond motifs is 1. The van der Waals surface area contributed by atoms with Gasteiger partial charge in [0.1, 0.15) is 31.3 Å². The number of nitrogens with two attached hydrogens (primary N) is 1. The molecule has 2 aliphatic heterocycles. The molecule has 5 atom stereocenters. The molecule has 124 valence electrons. The van der Waals surface area contributed by atoms with E-state index in [0.29, 0.717) is 0 Å². The van der Waals surface area contributed by atoms with Crippen molar-refractivity contribution in [2.75, 3.05) is 6.66 Å². The second-order valence-electron chi connectivity index (χ2n) is 5.91. The Morgan fingerprint density at radius 1 is 1.48 bits per heavy atom. The van der Waals surface area contributed by atoms with Crippen molar-refractivity contribution in [3.63, 3.8) is 0 Å². The van der Waals surface area contributed by atoms with Gasteiger partial charge in [-0.3, -0.25) is 5.41 Å². The summed E-state index contributed by atoms with van der Waals surface area (Å²) in [5, 5.41) is 11.5. The van der Waals surface area contributed by atoms with Crippen LogP contribution < -0.4 is 5.73 Å². The Labute approximate surface area is 134 Å². The molecular formula is C13H19N5O4P+. The average molecular weight is 340 g/mol. The molecule has 0 aliphatic carbocycles. The van der Waals surface area contributed by atoms with Gasteiger partial charge in [-0.05, 0) is 19.9 Å². The Balaban J connectivity index is 1.88. The highest BCUT2D eigenvalue weighted by Crippen LogP contribution is 2.43. The van der Waals surface area contributed by atoms with Crippen LogP contribution in [0.5, 0.6) is 0 Å². The predicted molar refractivity (Wildman–Crippen MR) is 81.4 cm³/mol. The highest BCUT2D eigenvalue weighted by molar-refractivity contribution is 7.47. The molecule has 0 aromatic carbocycles. The van der Waals surface area contributed by atoms with Crippen molar-refractivity contribution in [3.05, 3.63) is 24.0 Å². The molecule has 9 nitrogen and oxygen atoms in total. The lowest BCUT2D eigenvalue weighted by atomic mass is 10.1. The number of rotatable bonds is 4. The van der Waals surface area contributed by atoms with Gasteiger partial charge in [-0.2, -0.15) is 0 Å². The molecule has 2 saturated heterocycles. The first-order valence-electron chi connectivity index (χ1n) is 7.12. The lowest BCUT2D eigenvalue weighted by molar-refractivity contribution is -0.192. The van der Waals surface area contributed by atoms with E-state index in [9.17, 15) is 4.57 Å². The summed E-state index contributed by atoms with van der Waals surface area (Å²) in [5.74, 6) is 0.749. The number of amidine groups is 1. The maximum Gasteiger partial charge on any atom is 0.365 e. The van der Waals surface area contributed by atoms with E-state index < -0.39 is 32.0 Å². The van der Waals surface area contributed by atoms with Gasteiger partial charge in [-0.25, -0.2) is 9.67 Å².